The van der Waals surface area contributed by atoms with E-state index in [1.165, 1.54) is 153 Å². The van der Waals surface area contributed by atoms with E-state index >= 15 is 0 Å². The third-order valence-corrected chi connectivity index (χ3v) is 19.6. The Bertz CT molecular complexity index is 4230. The lowest BCUT2D eigenvalue weighted by atomic mass is 9.76. The van der Waals surface area contributed by atoms with E-state index in [1.807, 2.05) is 0 Å². The highest BCUT2D eigenvalue weighted by atomic mass is 15.1. The number of fused-ring (bicyclic) bond motifs is 5. The van der Waals surface area contributed by atoms with Crippen LogP contribution < -0.4 is 4.90 Å². The summed E-state index contributed by atoms with van der Waals surface area (Å²) in [6.07, 6.45) is 4.74. The van der Waals surface area contributed by atoms with E-state index in [-0.39, 0.29) is 16.7 Å². The summed E-state index contributed by atoms with van der Waals surface area (Å²) in [6, 6.07) is 92.6. The first kappa shape index (κ1) is 61.5. The highest BCUT2D eigenvalue weighted by Gasteiger charge is 2.28. The molecule has 0 spiro atoms. The molecule has 0 aromatic heterocycles. The molecule has 1 atom stereocenters. The molecule has 0 radical (unpaired) electrons. The van der Waals surface area contributed by atoms with Crippen molar-refractivity contribution in [2.75, 3.05) is 4.90 Å². The molecule has 0 aliphatic carbocycles. The van der Waals surface area contributed by atoms with Crippen LogP contribution in [0.1, 0.15) is 151 Å². The van der Waals surface area contributed by atoms with Crippen molar-refractivity contribution >= 4 is 49.4 Å². The normalized spacial score (nSPS) is 12.7. The second kappa shape index (κ2) is 24.5. The maximum Gasteiger partial charge on any atom is 0.0546 e. The summed E-state index contributed by atoms with van der Waals surface area (Å²) >= 11 is 0. The van der Waals surface area contributed by atoms with Gasteiger partial charge in [-0.3, -0.25) is 0 Å². The Morgan fingerprint density at radius 1 is 0.289 bits per heavy atom. The minimum Gasteiger partial charge on any atom is -0.310 e. The van der Waals surface area contributed by atoms with Gasteiger partial charge in [0, 0.05) is 22.7 Å². The second-order valence-corrected chi connectivity index (χ2v) is 29.8. The average Bonchev–Trinajstić information content (AvgIpc) is 0.737. The number of hydrogen-bond donors (Lipinski definition) is 0. The second-order valence-electron chi connectivity index (χ2n) is 29.8. The number of aryl methyl sites for hydroxylation is 4. The quantitative estimate of drug-likeness (QED) is 0.0688. The molecule has 0 saturated heterocycles. The maximum absolute atomic E-state index is 2.53. The van der Waals surface area contributed by atoms with Crippen LogP contribution in [0.2, 0.25) is 0 Å². The zero-order valence-electron chi connectivity index (χ0n) is 55.9. The van der Waals surface area contributed by atoms with Crippen LogP contribution in [0.5, 0.6) is 0 Å². The number of rotatable bonds is 16. The molecule has 12 aromatic rings. The monoisotopic (exact) mass is 1170 g/mol. The van der Waals surface area contributed by atoms with E-state index in [0.717, 1.165) is 17.1 Å². The predicted octanol–water partition coefficient (Wildman–Crippen LogP) is 25.9. The Kier molecular flexibility index (Phi) is 16.8. The minimum absolute atomic E-state index is 0.0231. The molecule has 0 bridgehead atoms. The molecule has 1 nitrogen and oxygen atoms in total. The number of benzene rings is 12. The number of hydrogen-bond acceptors (Lipinski definition) is 1. The SMILES string of the molecule is Cc1ccc(C(c2ccc(-c3ccc(-c4ccc(C(C)(C)CCC(C)(C)C)cc4)cc3)cc2)c2cc3c4ccccc4c(N(c4ccc(-c5ccc(-c6ccc(C(C)(C)CCC(C)(C)C)cc6)cc5)cc4)c4ccc(C)cc4C)cc3c3ccccc23)c(C)c1. The Morgan fingerprint density at radius 3 is 1.09 bits per heavy atom. The molecule has 0 N–H and O–H groups in total. The molecule has 0 aliphatic heterocycles. The van der Waals surface area contributed by atoms with E-state index < -0.39 is 0 Å². The molecule has 12 rings (SSSR count). The van der Waals surface area contributed by atoms with Crippen molar-refractivity contribution < 1.29 is 0 Å². The largest absolute Gasteiger partial charge is 0.310 e. The Hall–Kier alpha value is -8.78. The summed E-state index contributed by atoms with van der Waals surface area (Å²) in [7, 11) is 0. The van der Waals surface area contributed by atoms with Crippen LogP contribution in [-0.4, -0.2) is 0 Å². The lowest BCUT2D eigenvalue weighted by Crippen LogP contribution is -2.20. The molecular weight excluding hydrogens is 1080 g/mol. The Labute approximate surface area is 538 Å². The van der Waals surface area contributed by atoms with Gasteiger partial charge in [0.15, 0.2) is 0 Å². The Balaban J connectivity index is 0.896. The van der Waals surface area contributed by atoms with Crippen LogP contribution in [0.15, 0.2) is 243 Å². The van der Waals surface area contributed by atoms with E-state index in [0.29, 0.717) is 10.8 Å². The zero-order chi connectivity index (χ0) is 63.3. The topological polar surface area (TPSA) is 3.24 Å². The summed E-state index contributed by atoms with van der Waals surface area (Å²) in [5.74, 6) is -0.0231. The van der Waals surface area contributed by atoms with Gasteiger partial charge in [-0.05, 0) is 216 Å². The fourth-order valence-electron chi connectivity index (χ4n) is 13.8. The number of anilines is 3. The van der Waals surface area contributed by atoms with Crippen molar-refractivity contribution in [2.45, 2.75) is 139 Å². The lowest BCUT2D eigenvalue weighted by Gasteiger charge is -2.30. The molecule has 0 amide bonds. The predicted molar refractivity (Wildman–Crippen MR) is 392 cm³/mol. The van der Waals surface area contributed by atoms with Crippen molar-refractivity contribution in [1.82, 2.24) is 0 Å². The van der Waals surface area contributed by atoms with Crippen molar-refractivity contribution in [2.24, 2.45) is 10.8 Å². The molecule has 1 unspecified atom stereocenters. The fraction of sp³-hybridized carbons (Fsp3) is 0.258. The van der Waals surface area contributed by atoms with Gasteiger partial charge in [-0.25, -0.2) is 0 Å². The summed E-state index contributed by atoms with van der Waals surface area (Å²) in [6.45, 7) is 32.5. The summed E-state index contributed by atoms with van der Waals surface area (Å²) in [5, 5.41) is 7.44. The zero-order valence-corrected chi connectivity index (χ0v) is 55.9. The molecule has 1 heteroatoms. The molecule has 0 saturated carbocycles. The number of nitrogens with zero attached hydrogens (tertiary/aromatic N) is 1. The van der Waals surface area contributed by atoms with E-state index in [1.54, 1.807) is 0 Å². The first-order valence-corrected chi connectivity index (χ1v) is 32.9. The molecule has 0 fully saturated rings. The van der Waals surface area contributed by atoms with Crippen molar-refractivity contribution in [1.29, 1.82) is 0 Å². The van der Waals surface area contributed by atoms with Crippen LogP contribution in [0, 0.1) is 38.5 Å². The van der Waals surface area contributed by atoms with Crippen molar-refractivity contribution in [3.05, 3.63) is 293 Å². The van der Waals surface area contributed by atoms with Gasteiger partial charge in [-0.1, -0.05) is 293 Å². The van der Waals surface area contributed by atoms with Gasteiger partial charge in [0.25, 0.3) is 0 Å². The first-order valence-electron chi connectivity index (χ1n) is 32.9. The van der Waals surface area contributed by atoms with Gasteiger partial charge in [-0.2, -0.15) is 0 Å². The van der Waals surface area contributed by atoms with Crippen molar-refractivity contribution in [3.63, 3.8) is 0 Å². The highest BCUT2D eigenvalue weighted by molar-refractivity contribution is 6.22. The van der Waals surface area contributed by atoms with Gasteiger partial charge >= 0.3 is 0 Å². The van der Waals surface area contributed by atoms with Crippen LogP contribution in [0.25, 0.3) is 76.8 Å². The minimum atomic E-state index is -0.0231. The van der Waals surface area contributed by atoms with Crippen LogP contribution >= 0.6 is 0 Å². The van der Waals surface area contributed by atoms with Gasteiger partial charge in [0.2, 0.25) is 0 Å². The third kappa shape index (κ3) is 13.0. The molecule has 0 aliphatic rings. The maximum atomic E-state index is 2.53. The van der Waals surface area contributed by atoms with Crippen LogP contribution in [0.4, 0.5) is 17.1 Å². The van der Waals surface area contributed by atoms with Gasteiger partial charge < -0.3 is 4.90 Å². The standard InChI is InChI=1S/C89H91N/c1-59-23-49-75(61(3)55-59)85(71-35-33-67(34-36-71)63-25-27-64(28-26-63)68-37-43-72(44-38-68)88(11,12)53-51-86(5,6)7)82-57-80-78-21-17-18-22-79(78)84(58-81(80)76-19-15-16-20-77(76)82)90(83-50-24-60(2)56-62(83)4)74-47-41-70(42-48-74)66-31-29-65(30-32-66)69-39-45-73(46-40-69)89(13,14)54-52-87(8,9)10/h15-50,55-58,85H,51-54H2,1-14H3. The van der Waals surface area contributed by atoms with Gasteiger partial charge in [0.1, 0.15) is 0 Å². The molecule has 452 valence electrons. The summed E-state index contributed by atoms with van der Waals surface area (Å²) < 4.78 is 0. The lowest BCUT2D eigenvalue weighted by molar-refractivity contribution is 0.315. The van der Waals surface area contributed by atoms with E-state index in [4.69, 9.17) is 0 Å². The summed E-state index contributed by atoms with van der Waals surface area (Å²) in [5.41, 5.74) is 25.9. The van der Waals surface area contributed by atoms with E-state index in [2.05, 4.69) is 344 Å². The van der Waals surface area contributed by atoms with Crippen LogP contribution in [-0.2, 0) is 10.8 Å². The van der Waals surface area contributed by atoms with Crippen LogP contribution in [0.3, 0.4) is 0 Å². The first-order chi connectivity index (χ1) is 43.0. The fourth-order valence-corrected chi connectivity index (χ4v) is 13.8. The van der Waals surface area contributed by atoms with Gasteiger partial charge in [-0.15, -0.1) is 0 Å². The third-order valence-electron chi connectivity index (χ3n) is 19.6. The Morgan fingerprint density at radius 2 is 0.656 bits per heavy atom. The van der Waals surface area contributed by atoms with E-state index in [9.17, 15) is 0 Å². The molecule has 0 heterocycles. The smallest absolute Gasteiger partial charge is 0.0546 e. The molecule has 12 aromatic carbocycles. The highest BCUT2D eigenvalue weighted by Crippen LogP contribution is 2.48. The molecular formula is C89H91N. The van der Waals surface area contributed by atoms with Crippen molar-refractivity contribution in [3.8, 4) is 44.5 Å². The average molecular weight is 1170 g/mol. The van der Waals surface area contributed by atoms with Gasteiger partial charge in [0.05, 0.1) is 5.69 Å². The molecule has 90 heavy (non-hydrogen) atoms. The summed E-state index contributed by atoms with van der Waals surface area (Å²) in [4.78, 5) is 2.50.